The van der Waals surface area contributed by atoms with Crippen LogP contribution in [0.25, 0.3) is 0 Å². The van der Waals surface area contributed by atoms with Gasteiger partial charge in [-0.05, 0) is 12.1 Å². The Kier molecular flexibility index (Phi) is 3.43. The van der Waals surface area contributed by atoms with Crippen LogP contribution in [0.2, 0.25) is 0 Å². The van der Waals surface area contributed by atoms with Gasteiger partial charge in [-0.3, -0.25) is 14.9 Å². The van der Waals surface area contributed by atoms with Crippen molar-refractivity contribution in [3.63, 3.8) is 0 Å². The molecule has 1 aromatic carbocycles. The Balaban J connectivity index is 0.000000245. The highest BCUT2D eigenvalue weighted by atomic mass is 19.4. The molecule has 1 aromatic rings. The molecule has 0 fully saturated rings. The maximum Gasteiger partial charge on any atom is 0.379 e. The Hall–Kier alpha value is -1.85. The minimum Gasteiger partial charge on any atom is -0.288 e. The number of carbonyl (C=O) groups is 2. The van der Waals surface area contributed by atoms with Crippen LogP contribution in [-0.2, 0) is 0 Å². The zero-order valence-corrected chi connectivity index (χ0v) is 7.34. The summed E-state index contributed by atoms with van der Waals surface area (Å²) >= 11 is 0. The van der Waals surface area contributed by atoms with Gasteiger partial charge < -0.3 is 0 Å². The first kappa shape index (κ1) is 11.2. The summed E-state index contributed by atoms with van der Waals surface area (Å²) in [7, 11) is 0. The Bertz CT molecular complexity index is 357. The van der Waals surface area contributed by atoms with Gasteiger partial charge in [0.25, 0.3) is 11.8 Å². The maximum atomic E-state index is 10.9. The maximum absolute atomic E-state index is 10.9. The fourth-order valence-corrected chi connectivity index (χ4v) is 1.12. The van der Waals surface area contributed by atoms with Crippen molar-refractivity contribution in [1.82, 2.24) is 5.32 Å². The topological polar surface area (TPSA) is 46.2 Å². The molecular weight excluding hydrogens is 211 g/mol. The van der Waals surface area contributed by atoms with Crippen LogP contribution in [0.5, 0.6) is 0 Å². The third-order valence-electron chi connectivity index (χ3n) is 1.64. The van der Waals surface area contributed by atoms with Crippen molar-refractivity contribution in [3.05, 3.63) is 35.4 Å². The lowest BCUT2D eigenvalue weighted by Gasteiger charge is -1.88. The predicted octanol–water partition coefficient (Wildman–Crippen LogP) is 1.75. The summed E-state index contributed by atoms with van der Waals surface area (Å²) < 4.78 is 29.0. The van der Waals surface area contributed by atoms with Gasteiger partial charge in [0.2, 0.25) is 0 Å². The Morgan fingerprint density at radius 2 is 1.27 bits per heavy atom. The second-order valence-electron chi connectivity index (χ2n) is 2.58. The highest BCUT2D eigenvalue weighted by Crippen LogP contribution is 2.13. The van der Waals surface area contributed by atoms with E-state index in [9.17, 15) is 22.8 Å². The minimum absolute atomic E-state index is 0.300. The second-order valence-corrected chi connectivity index (χ2v) is 2.58. The molecule has 2 amide bonds. The second kappa shape index (κ2) is 4.59. The average molecular weight is 217 g/mol. The van der Waals surface area contributed by atoms with E-state index in [0.717, 1.165) is 0 Å². The summed E-state index contributed by atoms with van der Waals surface area (Å²) in [4.78, 5) is 21.9. The van der Waals surface area contributed by atoms with Crippen LogP contribution in [0.15, 0.2) is 24.3 Å². The summed E-state index contributed by atoms with van der Waals surface area (Å²) in [6.07, 6.45) is 0. The number of hydrogen-bond donors (Lipinski definition) is 1. The average Bonchev–Trinajstić information content (AvgIpc) is 2.43. The lowest BCUT2D eigenvalue weighted by atomic mass is 10.1. The highest BCUT2D eigenvalue weighted by Gasteiger charge is 2.25. The number of halogens is 3. The van der Waals surface area contributed by atoms with Crippen molar-refractivity contribution in [3.8, 4) is 0 Å². The van der Waals surface area contributed by atoms with Gasteiger partial charge in [0, 0.05) is 0 Å². The van der Waals surface area contributed by atoms with E-state index in [0.29, 0.717) is 11.1 Å². The van der Waals surface area contributed by atoms with Crippen LogP contribution in [0.4, 0.5) is 13.2 Å². The molecular formula is C9H6F3NO2. The zero-order valence-electron chi connectivity index (χ0n) is 7.34. The number of carbonyl (C=O) groups excluding carboxylic acids is 2. The van der Waals surface area contributed by atoms with Crippen molar-refractivity contribution in [1.29, 1.82) is 0 Å². The zero-order chi connectivity index (χ0) is 11.4. The van der Waals surface area contributed by atoms with Crippen LogP contribution < -0.4 is 5.32 Å². The van der Waals surface area contributed by atoms with E-state index in [2.05, 4.69) is 5.32 Å². The van der Waals surface area contributed by atoms with E-state index in [-0.39, 0.29) is 11.8 Å². The molecule has 15 heavy (non-hydrogen) atoms. The Labute approximate surface area is 82.9 Å². The molecule has 0 aromatic heterocycles. The number of rotatable bonds is 0. The van der Waals surface area contributed by atoms with Gasteiger partial charge in [0.1, 0.15) is 0 Å². The predicted molar refractivity (Wildman–Crippen MR) is 45.4 cm³/mol. The third kappa shape index (κ3) is 2.80. The van der Waals surface area contributed by atoms with Crippen LogP contribution in [0, 0.1) is 0 Å². The number of imide groups is 1. The molecule has 0 aliphatic carbocycles. The van der Waals surface area contributed by atoms with Gasteiger partial charge in [-0.25, -0.2) is 0 Å². The molecule has 80 valence electrons. The van der Waals surface area contributed by atoms with Gasteiger partial charge in [0.05, 0.1) is 11.1 Å². The van der Waals surface area contributed by atoms with Crippen molar-refractivity contribution in [2.45, 2.75) is 6.68 Å². The number of alkyl halides is 3. The summed E-state index contributed by atoms with van der Waals surface area (Å²) in [6.45, 7) is -3.67. The van der Waals surface area contributed by atoms with Crippen LogP contribution in [0.1, 0.15) is 20.7 Å². The third-order valence-corrected chi connectivity index (χ3v) is 1.64. The number of nitrogens with one attached hydrogen (secondary N) is 1. The lowest BCUT2D eigenvalue weighted by Crippen LogP contribution is -2.19. The van der Waals surface area contributed by atoms with E-state index >= 15 is 0 Å². The molecule has 0 saturated heterocycles. The molecule has 0 radical (unpaired) electrons. The Morgan fingerprint density at radius 1 is 0.933 bits per heavy atom. The molecule has 0 bridgehead atoms. The number of benzene rings is 1. The molecule has 1 aliphatic rings. The first-order valence-corrected chi connectivity index (χ1v) is 3.89. The molecule has 3 nitrogen and oxygen atoms in total. The largest absolute Gasteiger partial charge is 0.379 e. The molecule has 2 rings (SSSR count). The summed E-state index contributed by atoms with van der Waals surface area (Å²) in [5, 5.41) is 2.20. The van der Waals surface area contributed by atoms with E-state index in [1.807, 2.05) is 0 Å². The van der Waals surface area contributed by atoms with Gasteiger partial charge in [-0.2, -0.15) is 13.2 Å². The van der Waals surface area contributed by atoms with E-state index in [1.54, 1.807) is 24.3 Å². The van der Waals surface area contributed by atoms with Crippen molar-refractivity contribution in [2.24, 2.45) is 0 Å². The minimum atomic E-state index is -3.67. The first-order valence-electron chi connectivity index (χ1n) is 3.89. The molecule has 1 heterocycles. The fraction of sp³-hybridized carbons (Fsp3) is 0.111. The van der Waals surface area contributed by atoms with Crippen molar-refractivity contribution >= 4 is 11.8 Å². The van der Waals surface area contributed by atoms with Crippen molar-refractivity contribution in [2.75, 3.05) is 0 Å². The summed E-state index contributed by atoms with van der Waals surface area (Å²) in [6, 6.07) is 6.74. The normalized spacial score (nSPS) is 13.1. The molecule has 0 atom stereocenters. The quantitative estimate of drug-likeness (QED) is 0.673. The number of amides is 2. The van der Waals surface area contributed by atoms with Gasteiger partial charge in [-0.15, -0.1) is 0 Å². The monoisotopic (exact) mass is 217 g/mol. The number of hydrogen-bond acceptors (Lipinski definition) is 2. The van der Waals surface area contributed by atoms with Gasteiger partial charge >= 0.3 is 6.68 Å². The molecule has 0 saturated carbocycles. The highest BCUT2D eigenvalue weighted by molar-refractivity contribution is 6.21. The summed E-state index contributed by atoms with van der Waals surface area (Å²) in [5.74, 6) is -0.601. The standard InChI is InChI=1S/C8H5NO2.CHF3/c10-7-5-3-1-2-4-6(5)8(11)9-7;2-1(3)4/h1-4H,(H,9,10,11);1H. The molecule has 1 N–H and O–H groups in total. The smallest absolute Gasteiger partial charge is 0.288 e. The molecule has 1 aliphatic heterocycles. The van der Waals surface area contributed by atoms with Crippen LogP contribution in [-0.4, -0.2) is 18.5 Å². The fourth-order valence-electron chi connectivity index (χ4n) is 1.12. The summed E-state index contributed by atoms with van der Waals surface area (Å²) in [5.41, 5.74) is 0.940. The van der Waals surface area contributed by atoms with Gasteiger partial charge in [0.15, 0.2) is 0 Å². The van der Waals surface area contributed by atoms with Gasteiger partial charge in [-0.1, -0.05) is 12.1 Å². The molecule has 0 spiro atoms. The van der Waals surface area contributed by atoms with Crippen LogP contribution in [0.3, 0.4) is 0 Å². The van der Waals surface area contributed by atoms with E-state index in [4.69, 9.17) is 0 Å². The molecule has 0 unspecified atom stereocenters. The first-order chi connectivity index (χ1) is 7.02. The SMILES string of the molecule is FC(F)F.O=C1NC(=O)c2ccccc21. The Morgan fingerprint density at radius 3 is 1.60 bits per heavy atom. The number of fused-ring (bicyclic) bond motifs is 1. The lowest BCUT2D eigenvalue weighted by molar-refractivity contribution is 0.00818. The van der Waals surface area contributed by atoms with Crippen molar-refractivity contribution < 1.29 is 22.8 Å². The van der Waals surface area contributed by atoms with E-state index in [1.165, 1.54) is 0 Å². The van der Waals surface area contributed by atoms with E-state index < -0.39 is 6.68 Å². The molecule has 6 heteroatoms. The van der Waals surface area contributed by atoms with Crippen LogP contribution >= 0.6 is 0 Å².